The molecule has 3 heterocycles. The highest BCUT2D eigenvalue weighted by atomic mass is 32.2. The molecule has 7 heteroatoms. The quantitative estimate of drug-likeness (QED) is 0.660. The summed E-state index contributed by atoms with van der Waals surface area (Å²) in [6.07, 6.45) is 4.53. The second-order valence-electron chi connectivity index (χ2n) is 6.52. The Morgan fingerprint density at radius 2 is 2.14 bits per heavy atom. The average Bonchev–Trinajstić information content (AvgIpc) is 3.31. The van der Waals surface area contributed by atoms with E-state index in [0.29, 0.717) is 5.75 Å². The number of benzene rings is 1. The van der Waals surface area contributed by atoms with Crippen molar-refractivity contribution in [3.8, 4) is 11.6 Å². The van der Waals surface area contributed by atoms with Crippen molar-refractivity contribution in [2.75, 3.05) is 13.2 Å². The van der Waals surface area contributed by atoms with E-state index in [2.05, 4.69) is 36.7 Å². The fourth-order valence-corrected chi connectivity index (χ4v) is 4.11. The number of hydrogen-bond donors (Lipinski definition) is 1. The molecular weight excluding hydrogens is 390 g/mol. The Morgan fingerprint density at radius 1 is 1.29 bits per heavy atom. The van der Waals surface area contributed by atoms with Crippen LogP contribution in [0.5, 0.6) is 5.75 Å². The van der Waals surface area contributed by atoms with E-state index in [1.54, 1.807) is 22.6 Å². The molecule has 28 heavy (non-hydrogen) atoms. The van der Waals surface area contributed by atoms with Crippen molar-refractivity contribution in [3.63, 3.8) is 0 Å². The topological polar surface area (TPSA) is 60.2 Å². The highest BCUT2D eigenvalue weighted by molar-refractivity contribution is 8.03. The normalized spacial score (nSPS) is 13.7. The van der Waals surface area contributed by atoms with Crippen molar-refractivity contribution in [2.45, 2.75) is 24.2 Å². The van der Waals surface area contributed by atoms with Crippen LogP contribution in [-0.4, -0.2) is 33.1 Å². The van der Waals surface area contributed by atoms with Gasteiger partial charge in [-0.25, -0.2) is 9.67 Å². The van der Waals surface area contributed by atoms with E-state index in [1.807, 2.05) is 24.4 Å². The SMILES string of the molecule is C=C1Cc2ccc([C@H](C)c3ccn(-c4ccc(OCCO)cn4)n3)cc2S1.S. The number of nitrogens with zero attached hydrogens (tertiary/aromatic N) is 3. The maximum Gasteiger partial charge on any atom is 0.153 e. The molecule has 0 bridgehead atoms. The Balaban J connectivity index is 0.00000225. The summed E-state index contributed by atoms with van der Waals surface area (Å²) in [4.78, 5) is 6.90. The summed E-state index contributed by atoms with van der Waals surface area (Å²) in [5.74, 6) is 1.55. The molecule has 1 atom stereocenters. The molecule has 146 valence electrons. The van der Waals surface area contributed by atoms with Gasteiger partial charge in [0.25, 0.3) is 0 Å². The van der Waals surface area contributed by atoms with E-state index in [-0.39, 0.29) is 32.6 Å². The van der Waals surface area contributed by atoms with Crippen LogP contribution in [0.2, 0.25) is 0 Å². The second kappa shape index (κ2) is 8.86. The third kappa shape index (κ3) is 4.27. The third-order valence-electron chi connectivity index (χ3n) is 4.60. The minimum atomic E-state index is -0.0164. The number of ether oxygens (including phenoxy) is 1. The fourth-order valence-electron chi connectivity index (χ4n) is 3.11. The lowest BCUT2D eigenvalue weighted by molar-refractivity contribution is 0.201. The molecule has 3 aromatic rings. The Labute approximate surface area is 175 Å². The molecule has 0 amide bonds. The lowest BCUT2D eigenvalue weighted by Crippen LogP contribution is -2.04. The maximum atomic E-state index is 8.81. The van der Waals surface area contributed by atoms with Crippen LogP contribution >= 0.6 is 25.3 Å². The second-order valence-corrected chi connectivity index (χ2v) is 7.74. The Kier molecular flexibility index (Phi) is 6.49. The van der Waals surface area contributed by atoms with Gasteiger partial charge < -0.3 is 9.84 Å². The Hall–Kier alpha value is -2.22. The van der Waals surface area contributed by atoms with Gasteiger partial charge in [0.05, 0.1) is 18.5 Å². The summed E-state index contributed by atoms with van der Waals surface area (Å²) in [5.41, 5.74) is 3.61. The highest BCUT2D eigenvalue weighted by Crippen LogP contribution is 2.40. The van der Waals surface area contributed by atoms with Gasteiger partial charge in [0, 0.05) is 23.4 Å². The molecule has 0 unspecified atom stereocenters. The van der Waals surface area contributed by atoms with E-state index in [1.165, 1.54) is 20.9 Å². The maximum absolute atomic E-state index is 8.81. The summed E-state index contributed by atoms with van der Waals surface area (Å²) >= 11 is 1.77. The summed E-state index contributed by atoms with van der Waals surface area (Å²) in [7, 11) is 0. The van der Waals surface area contributed by atoms with E-state index in [9.17, 15) is 0 Å². The summed E-state index contributed by atoms with van der Waals surface area (Å²) in [5, 5.41) is 13.5. The van der Waals surface area contributed by atoms with Crippen molar-refractivity contribution in [1.29, 1.82) is 0 Å². The van der Waals surface area contributed by atoms with Gasteiger partial charge in [-0.15, -0.1) is 0 Å². The predicted molar refractivity (Wildman–Crippen MR) is 117 cm³/mol. The van der Waals surface area contributed by atoms with Gasteiger partial charge in [-0.2, -0.15) is 18.6 Å². The number of pyridine rings is 1. The van der Waals surface area contributed by atoms with E-state index >= 15 is 0 Å². The molecule has 0 fully saturated rings. The molecular formula is C21H23N3O2S2. The van der Waals surface area contributed by atoms with Crippen LogP contribution in [0.1, 0.15) is 29.7 Å². The van der Waals surface area contributed by atoms with Gasteiger partial charge in [0.1, 0.15) is 12.4 Å². The van der Waals surface area contributed by atoms with Gasteiger partial charge >= 0.3 is 0 Å². The molecule has 1 N–H and O–H groups in total. The zero-order chi connectivity index (χ0) is 18.8. The minimum Gasteiger partial charge on any atom is -0.490 e. The monoisotopic (exact) mass is 413 g/mol. The lowest BCUT2D eigenvalue weighted by Gasteiger charge is -2.11. The van der Waals surface area contributed by atoms with Gasteiger partial charge in [-0.3, -0.25) is 0 Å². The van der Waals surface area contributed by atoms with Crippen LogP contribution in [-0.2, 0) is 6.42 Å². The van der Waals surface area contributed by atoms with Crippen molar-refractivity contribution >= 4 is 25.3 Å². The van der Waals surface area contributed by atoms with Crippen molar-refractivity contribution in [2.24, 2.45) is 0 Å². The Bertz CT molecular complexity index is 970. The first-order valence-electron chi connectivity index (χ1n) is 8.88. The molecule has 4 rings (SSSR count). The zero-order valence-corrected chi connectivity index (χ0v) is 17.4. The van der Waals surface area contributed by atoms with Gasteiger partial charge in [0.15, 0.2) is 5.82 Å². The number of fused-ring (bicyclic) bond motifs is 1. The standard InChI is InChI=1S/C21H21N3O2S.H2S/c1-14-11-17-4-3-16(12-20(17)27-14)15(2)19-7-8-24(23-19)21-6-5-18(13-22-21)26-10-9-25;/h3-8,12-13,15,25H,1,9-11H2,2H3;1H2/t15-;/m0./s1. The molecule has 0 radical (unpaired) electrons. The minimum absolute atomic E-state index is 0. The highest BCUT2D eigenvalue weighted by Gasteiger charge is 2.18. The molecule has 0 aliphatic carbocycles. The first-order valence-corrected chi connectivity index (χ1v) is 9.70. The van der Waals surface area contributed by atoms with E-state index < -0.39 is 0 Å². The Morgan fingerprint density at radius 3 is 2.89 bits per heavy atom. The summed E-state index contributed by atoms with van der Waals surface area (Å²) in [6, 6.07) is 12.4. The van der Waals surface area contributed by atoms with Crippen molar-refractivity contribution in [3.05, 3.63) is 77.1 Å². The number of aliphatic hydroxyl groups is 1. The number of hydrogen-bond acceptors (Lipinski definition) is 5. The number of aromatic nitrogens is 3. The molecule has 0 saturated carbocycles. The smallest absolute Gasteiger partial charge is 0.153 e. The molecule has 1 aromatic carbocycles. The van der Waals surface area contributed by atoms with Crippen molar-refractivity contribution < 1.29 is 9.84 Å². The van der Waals surface area contributed by atoms with E-state index in [4.69, 9.17) is 14.9 Å². The van der Waals surface area contributed by atoms with Crippen LogP contribution in [0, 0.1) is 0 Å². The van der Waals surface area contributed by atoms with Crippen LogP contribution in [0.25, 0.3) is 5.82 Å². The summed E-state index contributed by atoms with van der Waals surface area (Å²) in [6.45, 7) is 6.49. The fraction of sp³-hybridized carbons (Fsp3) is 0.238. The van der Waals surface area contributed by atoms with Crippen LogP contribution in [0.15, 0.2) is 65.2 Å². The molecule has 2 aromatic heterocycles. The number of rotatable bonds is 6. The molecule has 0 spiro atoms. The molecule has 1 aliphatic rings. The van der Waals surface area contributed by atoms with Crippen LogP contribution in [0.4, 0.5) is 0 Å². The number of allylic oxidation sites excluding steroid dienone is 1. The largest absolute Gasteiger partial charge is 0.490 e. The number of thioether (sulfide) groups is 1. The average molecular weight is 414 g/mol. The van der Waals surface area contributed by atoms with Crippen molar-refractivity contribution in [1.82, 2.24) is 14.8 Å². The third-order valence-corrected chi connectivity index (χ3v) is 5.63. The van der Waals surface area contributed by atoms with Gasteiger partial charge in [-0.1, -0.05) is 37.4 Å². The molecule has 0 saturated heterocycles. The van der Waals surface area contributed by atoms with E-state index in [0.717, 1.165) is 17.9 Å². The number of aliphatic hydroxyl groups excluding tert-OH is 1. The molecule has 5 nitrogen and oxygen atoms in total. The molecule has 1 aliphatic heterocycles. The van der Waals surface area contributed by atoms with Gasteiger partial charge in [-0.05, 0) is 40.3 Å². The first-order chi connectivity index (χ1) is 13.1. The van der Waals surface area contributed by atoms with Gasteiger partial charge in [0.2, 0.25) is 0 Å². The first kappa shape index (κ1) is 20.5. The van der Waals surface area contributed by atoms with Crippen LogP contribution in [0.3, 0.4) is 0 Å². The predicted octanol–water partition coefficient (Wildman–Crippen LogP) is 4.06. The summed E-state index contributed by atoms with van der Waals surface area (Å²) < 4.78 is 7.11. The zero-order valence-electron chi connectivity index (χ0n) is 15.6. The van der Waals surface area contributed by atoms with Crippen LogP contribution < -0.4 is 4.74 Å². The lowest BCUT2D eigenvalue weighted by atomic mass is 9.96.